The van der Waals surface area contributed by atoms with Gasteiger partial charge in [0.25, 0.3) is 5.91 Å². The Morgan fingerprint density at radius 2 is 1.55 bits per heavy atom. The first-order valence-electron chi connectivity index (χ1n) is 11.6. The van der Waals surface area contributed by atoms with Crippen LogP contribution in [-0.2, 0) is 27.8 Å². The summed E-state index contributed by atoms with van der Waals surface area (Å²) in [6.07, 6.45) is 5.10. The van der Waals surface area contributed by atoms with Crippen molar-refractivity contribution in [3.05, 3.63) is 65.2 Å². The Hall–Kier alpha value is -2.71. The number of piperidine rings is 1. The third-order valence-corrected chi connectivity index (χ3v) is 8.25. The van der Waals surface area contributed by atoms with Crippen LogP contribution >= 0.6 is 0 Å². The zero-order valence-corrected chi connectivity index (χ0v) is 19.8. The molecule has 8 heteroatoms. The molecule has 2 aromatic carbocycles. The molecule has 4 rings (SSSR count). The van der Waals surface area contributed by atoms with E-state index < -0.39 is 10.0 Å². The molecular weight excluding hydrogens is 438 g/mol. The Balaban J connectivity index is 1.41. The first-order chi connectivity index (χ1) is 15.9. The van der Waals surface area contributed by atoms with Crippen LogP contribution in [0.4, 0.5) is 0 Å². The fourth-order valence-electron chi connectivity index (χ4n) is 4.22. The largest absolute Gasteiger partial charge is 0.355 e. The highest BCUT2D eigenvalue weighted by atomic mass is 32.2. The van der Waals surface area contributed by atoms with Gasteiger partial charge in [0.15, 0.2) is 0 Å². The van der Waals surface area contributed by atoms with Crippen LogP contribution in [0.25, 0.3) is 0 Å². The molecule has 176 valence electrons. The highest BCUT2D eigenvalue weighted by Gasteiger charge is 2.32. The normalized spacial score (nSPS) is 16.9. The molecule has 1 aliphatic carbocycles. The maximum Gasteiger partial charge on any atom is 0.251 e. The van der Waals surface area contributed by atoms with Crippen LogP contribution in [0.1, 0.15) is 53.6 Å². The van der Waals surface area contributed by atoms with E-state index in [0.717, 1.165) is 43.2 Å². The van der Waals surface area contributed by atoms with Gasteiger partial charge in [0.1, 0.15) is 0 Å². The predicted octanol–water partition coefficient (Wildman–Crippen LogP) is 2.95. The molecule has 7 nitrogen and oxygen atoms in total. The number of amides is 2. The maximum absolute atomic E-state index is 13.1. The fraction of sp³-hybridized carbons (Fsp3) is 0.440. The third kappa shape index (κ3) is 5.62. The second-order valence-electron chi connectivity index (χ2n) is 8.81. The number of carbonyl (C=O) groups is 2. The molecule has 1 saturated heterocycles. The van der Waals surface area contributed by atoms with Gasteiger partial charge < -0.3 is 10.2 Å². The molecule has 1 N–H and O–H groups in total. The van der Waals surface area contributed by atoms with E-state index in [1.165, 1.54) is 0 Å². The molecule has 0 aromatic heterocycles. The summed E-state index contributed by atoms with van der Waals surface area (Å²) >= 11 is 0. The van der Waals surface area contributed by atoms with E-state index in [1.807, 2.05) is 17.0 Å². The van der Waals surface area contributed by atoms with E-state index in [1.54, 1.807) is 47.8 Å². The zero-order valence-electron chi connectivity index (χ0n) is 19.0. The van der Waals surface area contributed by atoms with Gasteiger partial charge in [-0.25, -0.2) is 8.42 Å². The van der Waals surface area contributed by atoms with E-state index in [-0.39, 0.29) is 29.2 Å². The van der Waals surface area contributed by atoms with Crippen LogP contribution in [0, 0.1) is 0 Å². The number of rotatable bonds is 8. The Bertz CT molecular complexity index is 1090. The standard InChI is InChI=1S/C25H31N3O4S/c1-26-25(30)21-9-5-20(6-10-21)18-28(22-11-12-22)24(29)17-19-7-13-23(14-8-19)33(31,32)27-15-3-2-4-16-27/h5-10,13-14,22H,2-4,11-12,15-18H2,1H3,(H,26,30). The number of hydrogen-bond acceptors (Lipinski definition) is 4. The van der Waals surface area contributed by atoms with Crippen molar-refractivity contribution < 1.29 is 18.0 Å². The smallest absolute Gasteiger partial charge is 0.251 e. The first kappa shape index (κ1) is 23.4. The molecule has 33 heavy (non-hydrogen) atoms. The number of hydrogen-bond donors (Lipinski definition) is 1. The van der Waals surface area contributed by atoms with Crippen molar-refractivity contribution in [2.75, 3.05) is 20.1 Å². The van der Waals surface area contributed by atoms with Gasteiger partial charge in [-0.05, 0) is 61.1 Å². The second kappa shape index (κ2) is 10.1. The lowest BCUT2D eigenvalue weighted by Crippen LogP contribution is -2.35. The SMILES string of the molecule is CNC(=O)c1ccc(CN(C(=O)Cc2ccc(S(=O)(=O)N3CCCCC3)cc2)C2CC2)cc1. The van der Waals surface area contributed by atoms with E-state index in [9.17, 15) is 18.0 Å². The number of nitrogens with one attached hydrogen (secondary N) is 1. The van der Waals surface area contributed by atoms with Crippen LogP contribution in [0.5, 0.6) is 0 Å². The molecule has 0 spiro atoms. The Labute approximate surface area is 195 Å². The van der Waals surface area contributed by atoms with Crippen LogP contribution in [0.3, 0.4) is 0 Å². The van der Waals surface area contributed by atoms with Crippen LogP contribution in [0.2, 0.25) is 0 Å². The molecule has 0 atom stereocenters. The lowest BCUT2D eigenvalue weighted by molar-refractivity contribution is -0.131. The lowest BCUT2D eigenvalue weighted by atomic mass is 10.1. The summed E-state index contributed by atoms with van der Waals surface area (Å²) in [6.45, 7) is 1.64. The molecule has 0 unspecified atom stereocenters. The molecule has 0 bridgehead atoms. The van der Waals surface area contributed by atoms with Gasteiger partial charge >= 0.3 is 0 Å². The van der Waals surface area contributed by atoms with E-state index in [4.69, 9.17) is 0 Å². The topological polar surface area (TPSA) is 86.8 Å². The summed E-state index contributed by atoms with van der Waals surface area (Å²) in [7, 11) is -1.87. The van der Waals surface area contributed by atoms with Gasteiger partial charge in [-0.15, -0.1) is 0 Å². The van der Waals surface area contributed by atoms with Gasteiger partial charge in [-0.1, -0.05) is 30.7 Å². The second-order valence-corrected chi connectivity index (χ2v) is 10.8. The fourth-order valence-corrected chi connectivity index (χ4v) is 5.74. The summed E-state index contributed by atoms with van der Waals surface area (Å²) in [4.78, 5) is 27.0. The highest BCUT2D eigenvalue weighted by molar-refractivity contribution is 7.89. The van der Waals surface area contributed by atoms with Crippen LogP contribution in [-0.4, -0.2) is 55.6 Å². The van der Waals surface area contributed by atoms with Crippen molar-refractivity contribution in [1.82, 2.24) is 14.5 Å². The molecule has 1 aliphatic heterocycles. The first-order valence-corrected chi connectivity index (χ1v) is 13.0. The number of carbonyl (C=O) groups excluding carboxylic acids is 2. The monoisotopic (exact) mass is 469 g/mol. The lowest BCUT2D eigenvalue weighted by Gasteiger charge is -2.26. The summed E-state index contributed by atoms with van der Waals surface area (Å²) in [6, 6.07) is 14.3. The average molecular weight is 470 g/mol. The maximum atomic E-state index is 13.1. The van der Waals surface area contributed by atoms with Crippen LogP contribution < -0.4 is 5.32 Å². The van der Waals surface area contributed by atoms with Crippen molar-refractivity contribution in [2.24, 2.45) is 0 Å². The predicted molar refractivity (Wildman–Crippen MR) is 126 cm³/mol. The molecule has 1 heterocycles. The molecule has 0 radical (unpaired) electrons. The zero-order chi connectivity index (χ0) is 23.4. The minimum atomic E-state index is -3.47. The highest BCUT2D eigenvalue weighted by Crippen LogP contribution is 2.29. The number of sulfonamides is 1. The molecule has 2 amide bonds. The quantitative estimate of drug-likeness (QED) is 0.644. The average Bonchev–Trinajstić information content (AvgIpc) is 3.68. The summed E-state index contributed by atoms with van der Waals surface area (Å²) in [5, 5.41) is 2.60. The van der Waals surface area contributed by atoms with Crippen molar-refractivity contribution in [1.29, 1.82) is 0 Å². The molecule has 2 fully saturated rings. The Kier molecular flexibility index (Phi) is 7.14. The van der Waals surface area contributed by atoms with Crippen molar-refractivity contribution in [2.45, 2.75) is 56.0 Å². The van der Waals surface area contributed by atoms with Gasteiger partial charge in [0.2, 0.25) is 15.9 Å². The molecule has 2 aliphatic rings. The molecule has 1 saturated carbocycles. The Morgan fingerprint density at radius 3 is 2.12 bits per heavy atom. The summed E-state index contributed by atoms with van der Waals surface area (Å²) in [5.74, 6) is -0.109. The van der Waals surface area contributed by atoms with Gasteiger partial charge in [0, 0.05) is 38.3 Å². The van der Waals surface area contributed by atoms with Gasteiger partial charge in [-0.3, -0.25) is 9.59 Å². The van der Waals surface area contributed by atoms with Crippen molar-refractivity contribution in [3.63, 3.8) is 0 Å². The number of benzene rings is 2. The summed E-state index contributed by atoms with van der Waals surface area (Å²) < 4.78 is 27.2. The van der Waals surface area contributed by atoms with Gasteiger partial charge in [0.05, 0.1) is 11.3 Å². The number of nitrogens with zero attached hydrogens (tertiary/aromatic N) is 2. The van der Waals surface area contributed by atoms with Crippen molar-refractivity contribution >= 4 is 21.8 Å². The van der Waals surface area contributed by atoms with E-state index in [2.05, 4.69) is 5.32 Å². The molecular formula is C25H31N3O4S. The minimum absolute atomic E-state index is 0.0273. The molecule has 2 aromatic rings. The van der Waals surface area contributed by atoms with Crippen LogP contribution in [0.15, 0.2) is 53.4 Å². The third-order valence-electron chi connectivity index (χ3n) is 6.34. The Morgan fingerprint density at radius 1 is 0.939 bits per heavy atom. The summed E-state index contributed by atoms with van der Waals surface area (Å²) in [5.41, 5.74) is 2.37. The van der Waals surface area contributed by atoms with E-state index >= 15 is 0 Å². The van der Waals surface area contributed by atoms with Gasteiger partial charge in [-0.2, -0.15) is 4.31 Å². The minimum Gasteiger partial charge on any atom is -0.355 e. The van der Waals surface area contributed by atoms with E-state index in [0.29, 0.717) is 25.2 Å². The van der Waals surface area contributed by atoms with Crippen molar-refractivity contribution in [3.8, 4) is 0 Å².